The van der Waals surface area contributed by atoms with Gasteiger partial charge >= 0.3 is 0 Å². The third kappa shape index (κ3) is 4.67. The first-order valence-electron chi connectivity index (χ1n) is 8.55. The number of nitrogens with zero attached hydrogens (tertiary/aromatic N) is 1. The first kappa shape index (κ1) is 19.8. The molecule has 3 rings (SSSR count). The maximum Gasteiger partial charge on any atom is 0.270 e. The Morgan fingerprint density at radius 3 is 2.38 bits per heavy atom. The second-order valence-electron chi connectivity index (χ2n) is 6.13. The average Bonchev–Trinajstić information content (AvgIpc) is 2.71. The van der Waals surface area contributed by atoms with Crippen molar-refractivity contribution in [1.82, 2.24) is 0 Å². The fourth-order valence-electron chi connectivity index (χ4n) is 2.59. The highest BCUT2D eigenvalue weighted by Gasteiger charge is 2.19. The first-order chi connectivity index (χ1) is 13.9. The van der Waals surface area contributed by atoms with Crippen molar-refractivity contribution in [3.63, 3.8) is 0 Å². The van der Waals surface area contributed by atoms with Crippen LogP contribution in [0.3, 0.4) is 0 Å². The van der Waals surface area contributed by atoms with Gasteiger partial charge in [-0.25, -0.2) is 4.39 Å². The lowest BCUT2D eigenvalue weighted by Gasteiger charge is -2.13. The molecular formula is C21H17FN2O5. The van der Waals surface area contributed by atoms with Crippen LogP contribution >= 0.6 is 0 Å². The van der Waals surface area contributed by atoms with E-state index in [0.29, 0.717) is 17.1 Å². The molecule has 1 amide bonds. The molecule has 8 heteroatoms. The van der Waals surface area contributed by atoms with Crippen molar-refractivity contribution in [3.8, 4) is 17.2 Å². The van der Waals surface area contributed by atoms with Gasteiger partial charge in [0, 0.05) is 17.8 Å². The highest BCUT2D eigenvalue weighted by Crippen LogP contribution is 2.31. The second kappa shape index (κ2) is 8.39. The summed E-state index contributed by atoms with van der Waals surface area (Å²) in [6.07, 6.45) is 0. The molecule has 0 radical (unpaired) electrons. The van der Waals surface area contributed by atoms with Crippen LogP contribution in [0.1, 0.15) is 15.9 Å². The minimum atomic E-state index is -0.661. The molecule has 0 aliphatic carbocycles. The van der Waals surface area contributed by atoms with Crippen LogP contribution in [0.5, 0.6) is 17.2 Å². The number of non-ortho nitro benzene ring substituents is 1. The third-order valence-corrected chi connectivity index (χ3v) is 4.15. The second-order valence-corrected chi connectivity index (χ2v) is 6.13. The molecule has 0 unspecified atom stereocenters. The average molecular weight is 396 g/mol. The number of amides is 1. The topological polar surface area (TPSA) is 90.7 Å². The van der Waals surface area contributed by atoms with E-state index in [1.54, 1.807) is 31.2 Å². The van der Waals surface area contributed by atoms with Crippen molar-refractivity contribution < 1.29 is 23.6 Å². The van der Waals surface area contributed by atoms with Gasteiger partial charge < -0.3 is 14.8 Å². The molecular weight excluding hydrogens is 379 g/mol. The summed E-state index contributed by atoms with van der Waals surface area (Å²) in [6, 6.07) is 14.3. The van der Waals surface area contributed by atoms with Crippen molar-refractivity contribution in [2.75, 3.05) is 12.4 Å². The molecule has 7 nitrogen and oxygen atoms in total. The lowest BCUT2D eigenvalue weighted by atomic mass is 10.1. The number of halogens is 1. The van der Waals surface area contributed by atoms with Gasteiger partial charge in [-0.15, -0.1) is 0 Å². The lowest BCUT2D eigenvalue weighted by Crippen LogP contribution is -2.14. The Labute approximate surface area is 165 Å². The van der Waals surface area contributed by atoms with Crippen LogP contribution in [0.25, 0.3) is 0 Å². The smallest absolute Gasteiger partial charge is 0.270 e. The summed E-state index contributed by atoms with van der Waals surface area (Å²) in [4.78, 5) is 23.3. The molecule has 0 aliphatic heterocycles. The Morgan fingerprint density at radius 1 is 1.03 bits per heavy atom. The summed E-state index contributed by atoms with van der Waals surface area (Å²) >= 11 is 0. The van der Waals surface area contributed by atoms with E-state index in [9.17, 15) is 19.3 Å². The molecule has 3 aromatic carbocycles. The number of hydrogen-bond donors (Lipinski definition) is 1. The summed E-state index contributed by atoms with van der Waals surface area (Å²) in [5, 5.41) is 13.7. The Balaban J connectivity index is 1.95. The lowest BCUT2D eigenvalue weighted by molar-refractivity contribution is -0.384. The summed E-state index contributed by atoms with van der Waals surface area (Å²) in [6.45, 7) is 1.71. The Hall–Kier alpha value is -3.94. The zero-order valence-electron chi connectivity index (χ0n) is 15.6. The van der Waals surface area contributed by atoms with E-state index in [1.807, 2.05) is 0 Å². The number of methoxy groups -OCH3 is 1. The normalized spacial score (nSPS) is 10.3. The van der Waals surface area contributed by atoms with E-state index in [1.165, 1.54) is 37.4 Å². The van der Waals surface area contributed by atoms with E-state index in [-0.39, 0.29) is 22.7 Å². The molecule has 0 aliphatic rings. The Kier molecular flexibility index (Phi) is 5.73. The van der Waals surface area contributed by atoms with Gasteiger partial charge in [-0.2, -0.15) is 0 Å². The van der Waals surface area contributed by atoms with E-state index in [2.05, 4.69) is 5.32 Å². The van der Waals surface area contributed by atoms with Gasteiger partial charge in [-0.05, 0) is 55.0 Å². The molecule has 0 heterocycles. The molecule has 0 saturated heterocycles. The number of nitro benzene ring substituents is 1. The van der Waals surface area contributed by atoms with Crippen LogP contribution in [0, 0.1) is 22.9 Å². The van der Waals surface area contributed by atoms with Gasteiger partial charge in [0.15, 0.2) is 0 Å². The molecule has 0 bridgehead atoms. The van der Waals surface area contributed by atoms with E-state index >= 15 is 0 Å². The molecule has 0 fully saturated rings. The molecule has 148 valence electrons. The van der Waals surface area contributed by atoms with Crippen LogP contribution in [-0.2, 0) is 0 Å². The maximum atomic E-state index is 13.5. The van der Waals surface area contributed by atoms with Crippen molar-refractivity contribution in [2.24, 2.45) is 0 Å². The fourth-order valence-corrected chi connectivity index (χ4v) is 2.59. The van der Waals surface area contributed by atoms with Crippen molar-refractivity contribution in [3.05, 3.63) is 87.7 Å². The highest BCUT2D eigenvalue weighted by molar-refractivity contribution is 6.07. The number of ether oxygens (including phenoxy) is 2. The molecule has 3 aromatic rings. The first-order valence-corrected chi connectivity index (χ1v) is 8.55. The van der Waals surface area contributed by atoms with Gasteiger partial charge in [0.2, 0.25) is 0 Å². The predicted octanol–water partition coefficient (Wildman–Crippen LogP) is 5.10. The van der Waals surface area contributed by atoms with E-state index in [0.717, 1.165) is 6.07 Å². The molecule has 0 spiro atoms. The number of rotatable bonds is 6. The summed E-state index contributed by atoms with van der Waals surface area (Å²) in [5.74, 6) is -0.0193. The van der Waals surface area contributed by atoms with Crippen LogP contribution < -0.4 is 14.8 Å². The molecule has 0 atom stereocenters. The number of hydrogen-bond acceptors (Lipinski definition) is 5. The van der Waals surface area contributed by atoms with Crippen LogP contribution in [0.15, 0.2) is 60.7 Å². The number of benzene rings is 3. The van der Waals surface area contributed by atoms with Crippen LogP contribution in [0.2, 0.25) is 0 Å². The summed E-state index contributed by atoms with van der Waals surface area (Å²) in [7, 11) is 1.53. The number of nitrogens with one attached hydrogen (secondary N) is 1. The summed E-state index contributed by atoms with van der Waals surface area (Å²) < 4.78 is 24.4. The highest BCUT2D eigenvalue weighted by atomic mass is 19.1. The number of carbonyl (C=O) groups is 1. The molecule has 29 heavy (non-hydrogen) atoms. The third-order valence-electron chi connectivity index (χ3n) is 4.15. The standard InChI is InChI=1S/C21H17FN2O5/c1-13-3-4-14(22)11-19(13)23-21(25)18-12-15(24(26)27)5-10-20(18)29-17-8-6-16(28-2)7-9-17/h3-12H,1-2H3,(H,23,25). The van der Waals surface area contributed by atoms with Crippen molar-refractivity contribution in [1.29, 1.82) is 0 Å². The quantitative estimate of drug-likeness (QED) is 0.463. The molecule has 0 saturated carbocycles. The van der Waals surface area contributed by atoms with E-state index < -0.39 is 16.6 Å². The molecule has 1 N–H and O–H groups in total. The minimum absolute atomic E-state index is 0.0568. The zero-order chi connectivity index (χ0) is 21.0. The Bertz CT molecular complexity index is 1070. The number of carbonyl (C=O) groups excluding carboxylic acids is 1. The molecule has 0 aromatic heterocycles. The minimum Gasteiger partial charge on any atom is -0.497 e. The number of aryl methyl sites for hydroxylation is 1. The number of nitro groups is 1. The van der Waals surface area contributed by atoms with Gasteiger partial charge in [0.1, 0.15) is 23.1 Å². The van der Waals surface area contributed by atoms with E-state index in [4.69, 9.17) is 9.47 Å². The monoisotopic (exact) mass is 396 g/mol. The van der Waals surface area contributed by atoms with Gasteiger partial charge in [0.25, 0.3) is 11.6 Å². The maximum absolute atomic E-state index is 13.5. The van der Waals surface area contributed by atoms with Crippen LogP contribution in [0.4, 0.5) is 15.8 Å². The van der Waals surface area contributed by atoms with Gasteiger partial charge in [-0.1, -0.05) is 6.07 Å². The fraction of sp³-hybridized carbons (Fsp3) is 0.0952. The van der Waals surface area contributed by atoms with Gasteiger partial charge in [0.05, 0.1) is 17.6 Å². The SMILES string of the molecule is COc1ccc(Oc2ccc([N+](=O)[O-])cc2C(=O)Nc2cc(F)ccc2C)cc1. The van der Waals surface area contributed by atoms with Gasteiger partial charge in [-0.3, -0.25) is 14.9 Å². The largest absolute Gasteiger partial charge is 0.497 e. The zero-order valence-corrected chi connectivity index (χ0v) is 15.6. The van der Waals surface area contributed by atoms with Crippen LogP contribution in [-0.4, -0.2) is 17.9 Å². The predicted molar refractivity (Wildman–Crippen MR) is 105 cm³/mol. The number of anilines is 1. The Morgan fingerprint density at radius 2 is 1.72 bits per heavy atom. The van der Waals surface area contributed by atoms with Crippen molar-refractivity contribution >= 4 is 17.3 Å². The summed E-state index contributed by atoms with van der Waals surface area (Å²) in [5.41, 5.74) is 0.576. The van der Waals surface area contributed by atoms with Crippen molar-refractivity contribution in [2.45, 2.75) is 6.92 Å².